The molecule has 1 heteroatoms. The van der Waals surface area contributed by atoms with Crippen molar-refractivity contribution in [2.45, 2.75) is 335 Å². The van der Waals surface area contributed by atoms with E-state index < -0.39 is 0 Å². The standard InChI is InChI=1S/C54H111N/c1-3-5-7-9-11-13-15-17-19-21-22-23-24-25-26-27-28-29-30-31-32-33-34-35-36-37-38-40-42-44-46-48-50-52-54-55-53-51-49-47-45-43-41-39-20-18-16-14-12-10-8-6-4-2/h55H,3-54H2,1-2H3. The van der Waals surface area contributed by atoms with Crippen LogP contribution in [0.4, 0.5) is 0 Å². The highest BCUT2D eigenvalue weighted by Crippen LogP contribution is 2.18. The molecule has 0 spiro atoms. The van der Waals surface area contributed by atoms with Crippen LogP contribution >= 0.6 is 0 Å². The van der Waals surface area contributed by atoms with E-state index in [2.05, 4.69) is 19.2 Å². The van der Waals surface area contributed by atoms with Crippen LogP contribution < -0.4 is 5.32 Å². The summed E-state index contributed by atoms with van der Waals surface area (Å²) in [5, 5.41) is 3.71. The number of hydrogen-bond acceptors (Lipinski definition) is 1. The lowest BCUT2D eigenvalue weighted by Gasteiger charge is -2.06. The summed E-state index contributed by atoms with van der Waals surface area (Å²) in [6.07, 6.45) is 73.7. The van der Waals surface area contributed by atoms with Crippen molar-refractivity contribution in [3.63, 3.8) is 0 Å². The molecule has 0 aromatic heterocycles. The molecule has 0 aliphatic carbocycles. The molecule has 0 atom stereocenters. The van der Waals surface area contributed by atoms with Crippen molar-refractivity contribution in [2.24, 2.45) is 0 Å². The molecule has 0 aliphatic rings. The molecule has 0 saturated carbocycles. The maximum Gasteiger partial charge on any atom is -0.00489 e. The van der Waals surface area contributed by atoms with E-state index in [1.165, 1.54) is 334 Å². The average molecular weight is 774 g/mol. The van der Waals surface area contributed by atoms with E-state index in [1.807, 2.05) is 0 Å². The van der Waals surface area contributed by atoms with Crippen LogP contribution in [0.5, 0.6) is 0 Å². The van der Waals surface area contributed by atoms with Crippen molar-refractivity contribution < 1.29 is 0 Å². The molecule has 0 aromatic rings. The zero-order valence-electron chi connectivity index (χ0n) is 39.3. The molecular formula is C54H111N. The highest BCUT2D eigenvalue weighted by Gasteiger charge is 1.99. The molecule has 332 valence electrons. The zero-order valence-corrected chi connectivity index (χ0v) is 39.3. The van der Waals surface area contributed by atoms with E-state index in [9.17, 15) is 0 Å². The quantitative estimate of drug-likeness (QED) is 0.0607. The Hall–Kier alpha value is -0.0400. The lowest BCUT2D eigenvalue weighted by atomic mass is 10.0. The molecule has 0 bridgehead atoms. The van der Waals surface area contributed by atoms with Gasteiger partial charge in [0.2, 0.25) is 0 Å². The molecule has 1 N–H and O–H groups in total. The summed E-state index contributed by atoms with van der Waals surface area (Å²) in [6.45, 7) is 7.12. The van der Waals surface area contributed by atoms with Gasteiger partial charge in [-0.25, -0.2) is 0 Å². The Bertz CT molecular complexity index is 562. The Balaban J connectivity index is 3.05. The van der Waals surface area contributed by atoms with Crippen LogP contribution in [0.3, 0.4) is 0 Å². The summed E-state index contributed by atoms with van der Waals surface area (Å²) in [5.74, 6) is 0. The molecule has 0 fully saturated rings. The van der Waals surface area contributed by atoms with Crippen LogP contribution in [0.25, 0.3) is 0 Å². The number of unbranched alkanes of at least 4 members (excludes halogenated alkanes) is 48. The molecule has 0 amide bonds. The van der Waals surface area contributed by atoms with Crippen molar-refractivity contribution in [3.05, 3.63) is 0 Å². The highest BCUT2D eigenvalue weighted by molar-refractivity contribution is 4.55. The predicted octanol–water partition coefficient (Wildman–Crippen LogP) is 20.1. The summed E-state index contributed by atoms with van der Waals surface area (Å²) in [7, 11) is 0. The number of rotatable bonds is 52. The van der Waals surface area contributed by atoms with Crippen molar-refractivity contribution in [3.8, 4) is 0 Å². The zero-order chi connectivity index (χ0) is 39.5. The lowest BCUT2D eigenvalue weighted by Crippen LogP contribution is -2.16. The van der Waals surface area contributed by atoms with Crippen molar-refractivity contribution in [2.75, 3.05) is 13.1 Å². The van der Waals surface area contributed by atoms with E-state index in [0.717, 1.165) is 0 Å². The van der Waals surface area contributed by atoms with Crippen LogP contribution in [0, 0.1) is 0 Å². The Labute approximate surface area is 352 Å². The second-order valence-corrected chi connectivity index (χ2v) is 18.7. The third-order valence-electron chi connectivity index (χ3n) is 12.9. The van der Waals surface area contributed by atoms with Crippen LogP contribution in [-0.4, -0.2) is 13.1 Å². The van der Waals surface area contributed by atoms with Gasteiger partial charge in [0.1, 0.15) is 0 Å². The smallest absolute Gasteiger partial charge is 0.00489 e. The summed E-state index contributed by atoms with van der Waals surface area (Å²) < 4.78 is 0. The molecule has 0 aliphatic heterocycles. The van der Waals surface area contributed by atoms with Crippen LogP contribution in [0.2, 0.25) is 0 Å². The van der Waals surface area contributed by atoms with Crippen molar-refractivity contribution in [1.29, 1.82) is 0 Å². The van der Waals surface area contributed by atoms with Gasteiger partial charge >= 0.3 is 0 Å². The number of hydrogen-bond donors (Lipinski definition) is 1. The van der Waals surface area contributed by atoms with Crippen LogP contribution in [-0.2, 0) is 0 Å². The summed E-state index contributed by atoms with van der Waals surface area (Å²) >= 11 is 0. The fourth-order valence-corrected chi connectivity index (χ4v) is 8.90. The largest absolute Gasteiger partial charge is 0.317 e. The van der Waals surface area contributed by atoms with Gasteiger partial charge in [-0.05, 0) is 25.9 Å². The lowest BCUT2D eigenvalue weighted by molar-refractivity contribution is 0.509. The fourth-order valence-electron chi connectivity index (χ4n) is 8.90. The summed E-state index contributed by atoms with van der Waals surface area (Å²) in [6, 6.07) is 0. The highest BCUT2D eigenvalue weighted by atomic mass is 14.8. The molecule has 0 unspecified atom stereocenters. The summed E-state index contributed by atoms with van der Waals surface area (Å²) in [4.78, 5) is 0. The molecule has 0 radical (unpaired) electrons. The van der Waals surface area contributed by atoms with Gasteiger partial charge in [-0.3, -0.25) is 0 Å². The second-order valence-electron chi connectivity index (χ2n) is 18.7. The first-order valence-electron chi connectivity index (χ1n) is 27.1. The summed E-state index contributed by atoms with van der Waals surface area (Å²) in [5.41, 5.74) is 0. The molecule has 0 aromatic carbocycles. The van der Waals surface area contributed by atoms with E-state index in [4.69, 9.17) is 0 Å². The van der Waals surface area contributed by atoms with Gasteiger partial charge in [0.15, 0.2) is 0 Å². The molecular weight excluding hydrogens is 663 g/mol. The van der Waals surface area contributed by atoms with Gasteiger partial charge in [0.25, 0.3) is 0 Å². The first kappa shape index (κ1) is 55.0. The minimum Gasteiger partial charge on any atom is -0.317 e. The topological polar surface area (TPSA) is 12.0 Å². The van der Waals surface area contributed by atoms with E-state index in [-0.39, 0.29) is 0 Å². The second kappa shape index (κ2) is 54.0. The monoisotopic (exact) mass is 774 g/mol. The van der Waals surface area contributed by atoms with E-state index in [0.29, 0.717) is 0 Å². The molecule has 0 heterocycles. The van der Waals surface area contributed by atoms with Gasteiger partial charge in [0, 0.05) is 0 Å². The van der Waals surface area contributed by atoms with Gasteiger partial charge < -0.3 is 5.32 Å². The molecule has 0 saturated heterocycles. The normalized spacial score (nSPS) is 11.7. The predicted molar refractivity (Wildman–Crippen MR) is 255 cm³/mol. The number of nitrogens with one attached hydrogen (secondary N) is 1. The average Bonchev–Trinajstić information content (AvgIpc) is 3.20. The first-order valence-corrected chi connectivity index (χ1v) is 27.1. The SMILES string of the molecule is CCCCCCCCCCCCCCCCCCCCCCCCCCCCCCCCCCCCNCCCCCCCCCCCCCCCCCC. The molecule has 1 nitrogen and oxygen atoms in total. The van der Waals surface area contributed by atoms with Crippen molar-refractivity contribution in [1.82, 2.24) is 5.32 Å². The van der Waals surface area contributed by atoms with Gasteiger partial charge in [-0.15, -0.1) is 0 Å². The maximum atomic E-state index is 3.71. The maximum absolute atomic E-state index is 3.71. The van der Waals surface area contributed by atoms with Crippen molar-refractivity contribution >= 4 is 0 Å². The Kier molecular flexibility index (Phi) is 53.9. The van der Waals surface area contributed by atoms with Crippen LogP contribution in [0.15, 0.2) is 0 Å². The Morgan fingerprint density at radius 2 is 0.255 bits per heavy atom. The van der Waals surface area contributed by atoms with E-state index >= 15 is 0 Å². The van der Waals surface area contributed by atoms with E-state index in [1.54, 1.807) is 0 Å². The third kappa shape index (κ3) is 54.0. The minimum absolute atomic E-state index is 1.25. The molecule has 0 rings (SSSR count). The Morgan fingerprint density at radius 1 is 0.145 bits per heavy atom. The third-order valence-corrected chi connectivity index (χ3v) is 12.9. The van der Waals surface area contributed by atoms with Gasteiger partial charge in [-0.1, -0.05) is 322 Å². The van der Waals surface area contributed by atoms with Crippen LogP contribution in [0.1, 0.15) is 335 Å². The first-order chi connectivity index (χ1) is 27.4. The minimum atomic E-state index is 1.25. The Morgan fingerprint density at radius 3 is 0.382 bits per heavy atom. The fraction of sp³-hybridized carbons (Fsp3) is 1.00. The van der Waals surface area contributed by atoms with Gasteiger partial charge in [0.05, 0.1) is 0 Å². The van der Waals surface area contributed by atoms with Gasteiger partial charge in [-0.2, -0.15) is 0 Å². The molecule has 55 heavy (non-hydrogen) atoms.